The molecule has 0 bridgehead atoms. The summed E-state index contributed by atoms with van der Waals surface area (Å²) in [6.07, 6.45) is 0.262. The van der Waals surface area contributed by atoms with Crippen molar-refractivity contribution in [2.24, 2.45) is 0 Å². The van der Waals surface area contributed by atoms with Crippen LogP contribution in [0.4, 0.5) is 8.78 Å². The van der Waals surface area contributed by atoms with E-state index >= 15 is 0 Å². The summed E-state index contributed by atoms with van der Waals surface area (Å²) in [6.45, 7) is 2.05. The lowest BCUT2D eigenvalue weighted by Crippen LogP contribution is -2.25. The maximum absolute atomic E-state index is 13.3. The van der Waals surface area contributed by atoms with Crippen LogP contribution in [0.2, 0.25) is 5.02 Å². The molecule has 0 fully saturated rings. The van der Waals surface area contributed by atoms with Crippen LogP contribution in [0.15, 0.2) is 36.5 Å². The monoisotopic (exact) mass is 312 g/mol. The van der Waals surface area contributed by atoms with Crippen molar-refractivity contribution in [1.82, 2.24) is 10.3 Å². The van der Waals surface area contributed by atoms with Gasteiger partial charge in [0.15, 0.2) is 0 Å². The molecular formula is C15H15ClF2N2O. The fraction of sp³-hybridized carbons (Fsp3) is 0.267. The zero-order valence-electron chi connectivity index (χ0n) is 11.4. The number of aliphatic hydroxyl groups excluding tert-OH is 1. The van der Waals surface area contributed by atoms with Crippen molar-refractivity contribution in [3.63, 3.8) is 0 Å². The Labute approximate surface area is 126 Å². The van der Waals surface area contributed by atoms with Gasteiger partial charge in [-0.3, -0.25) is 4.98 Å². The van der Waals surface area contributed by atoms with E-state index in [-0.39, 0.29) is 17.6 Å². The number of halogens is 3. The van der Waals surface area contributed by atoms with Crippen molar-refractivity contribution >= 4 is 11.6 Å². The van der Waals surface area contributed by atoms with E-state index in [9.17, 15) is 13.9 Å². The van der Waals surface area contributed by atoms with Gasteiger partial charge in [-0.1, -0.05) is 17.7 Å². The van der Waals surface area contributed by atoms with Crippen molar-refractivity contribution < 1.29 is 13.9 Å². The highest BCUT2D eigenvalue weighted by Gasteiger charge is 2.13. The second-order valence-corrected chi connectivity index (χ2v) is 5.13. The van der Waals surface area contributed by atoms with Gasteiger partial charge in [0.05, 0.1) is 23.0 Å². The fourth-order valence-corrected chi connectivity index (χ4v) is 1.99. The molecule has 0 saturated carbocycles. The van der Waals surface area contributed by atoms with E-state index in [0.29, 0.717) is 11.3 Å². The Morgan fingerprint density at radius 2 is 2.05 bits per heavy atom. The first kappa shape index (κ1) is 15.8. The minimum absolute atomic E-state index is 0.0165. The van der Waals surface area contributed by atoms with Gasteiger partial charge in [0.25, 0.3) is 0 Å². The third-order valence-corrected chi connectivity index (χ3v) is 3.45. The number of nitrogens with one attached hydrogen (secondary N) is 1. The van der Waals surface area contributed by atoms with Gasteiger partial charge in [-0.05, 0) is 36.8 Å². The molecule has 112 valence electrons. The lowest BCUT2D eigenvalue weighted by atomic mass is 10.1. The predicted octanol–water partition coefficient (Wildman–Crippen LogP) is 3.40. The van der Waals surface area contributed by atoms with Crippen molar-refractivity contribution in [1.29, 1.82) is 0 Å². The van der Waals surface area contributed by atoms with Gasteiger partial charge in [-0.15, -0.1) is 0 Å². The van der Waals surface area contributed by atoms with Crippen LogP contribution in [0.1, 0.15) is 30.3 Å². The summed E-state index contributed by atoms with van der Waals surface area (Å²) in [4.78, 5) is 3.96. The molecule has 2 rings (SSSR count). The Hall–Kier alpha value is -1.56. The zero-order valence-corrected chi connectivity index (χ0v) is 12.1. The molecule has 2 N–H and O–H groups in total. The molecule has 0 aliphatic heterocycles. The van der Waals surface area contributed by atoms with E-state index in [1.54, 1.807) is 12.1 Å². The third kappa shape index (κ3) is 4.20. The molecule has 0 amide bonds. The number of hydrogen-bond donors (Lipinski definition) is 2. The second-order valence-electron chi connectivity index (χ2n) is 4.72. The minimum Gasteiger partial charge on any atom is -0.387 e. The Balaban J connectivity index is 1.95. The smallest absolute Gasteiger partial charge is 0.142 e. The molecule has 0 aliphatic carbocycles. The van der Waals surface area contributed by atoms with Gasteiger partial charge in [0.2, 0.25) is 0 Å². The largest absolute Gasteiger partial charge is 0.387 e. The normalized spacial score (nSPS) is 14.0. The van der Waals surface area contributed by atoms with Crippen LogP contribution in [-0.2, 0) is 0 Å². The van der Waals surface area contributed by atoms with Gasteiger partial charge in [0, 0.05) is 12.6 Å². The summed E-state index contributed by atoms with van der Waals surface area (Å²) < 4.78 is 26.1. The van der Waals surface area contributed by atoms with E-state index in [4.69, 9.17) is 11.6 Å². The second kappa shape index (κ2) is 6.93. The number of aromatic nitrogens is 1. The standard InChI is InChI=1S/C15H15ClF2N2O/c1-9(14-5-3-11(17)7-20-14)19-8-15(21)10-2-4-12(16)13(18)6-10/h2-7,9,15,19,21H,8H2,1H3. The number of rotatable bonds is 5. The molecule has 0 radical (unpaired) electrons. The van der Waals surface area contributed by atoms with E-state index in [1.165, 1.54) is 18.2 Å². The van der Waals surface area contributed by atoms with Gasteiger partial charge < -0.3 is 10.4 Å². The summed E-state index contributed by atoms with van der Waals surface area (Å²) in [6, 6.07) is 6.90. The van der Waals surface area contributed by atoms with Gasteiger partial charge >= 0.3 is 0 Å². The summed E-state index contributed by atoms with van der Waals surface area (Å²) in [5.74, 6) is -0.968. The molecule has 1 aromatic carbocycles. The average molecular weight is 313 g/mol. The first-order valence-electron chi connectivity index (χ1n) is 6.45. The van der Waals surface area contributed by atoms with Crippen LogP contribution in [0, 0.1) is 11.6 Å². The maximum atomic E-state index is 13.3. The Kier molecular flexibility index (Phi) is 5.22. The van der Waals surface area contributed by atoms with Crippen molar-refractivity contribution in [2.45, 2.75) is 19.1 Å². The average Bonchev–Trinajstić information content (AvgIpc) is 2.48. The lowest BCUT2D eigenvalue weighted by molar-refractivity contribution is 0.170. The van der Waals surface area contributed by atoms with Crippen LogP contribution in [0.3, 0.4) is 0 Å². The number of aliphatic hydroxyl groups is 1. The summed E-state index contributed by atoms with van der Waals surface area (Å²) in [5, 5.41) is 13.1. The maximum Gasteiger partial charge on any atom is 0.142 e. The number of hydrogen-bond acceptors (Lipinski definition) is 3. The molecule has 2 atom stereocenters. The van der Waals surface area contributed by atoms with Crippen molar-refractivity contribution in [3.05, 3.63) is 64.4 Å². The molecule has 21 heavy (non-hydrogen) atoms. The SMILES string of the molecule is CC(NCC(O)c1ccc(Cl)c(F)c1)c1ccc(F)cn1. The predicted molar refractivity (Wildman–Crippen MR) is 77.0 cm³/mol. The molecule has 2 aromatic rings. The molecule has 1 heterocycles. The topological polar surface area (TPSA) is 45.1 Å². The number of benzene rings is 1. The lowest BCUT2D eigenvalue weighted by Gasteiger charge is -2.17. The fourth-order valence-electron chi connectivity index (χ4n) is 1.87. The number of pyridine rings is 1. The van der Waals surface area contributed by atoms with Crippen LogP contribution in [-0.4, -0.2) is 16.6 Å². The molecule has 3 nitrogen and oxygen atoms in total. The molecule has 0 spiro atoms. The van der Waals surface area contributed by atoms with Crippen LogP contribution in [0.5, 0.6) is 0 Å². The Bertz CT molecular complexity index is 607. The first-order chi connectivity index (χ1) is 9.97. The van der Waals surface area contributed by atoms with E-state index < -0.39 is 17.7 Å². The Morgan fingerprint density at radius 1 is 1.29 bits per heavy atom. The van der Waals surface area contributed by atoms with Gasteiger partial charge in [0.1, 0.15) is 11.6 Å². The molecule has 2 unspecified atom stereocenters. The quantitative estimate of drug-likeness (QED) is 0.889. The van der Waals surface area contributed by atoms with Gasteiger partial charge in [-0.2, -0.15) is 0 Å². The minimum atomic E-state index is -0.875. The molecule has 0 aliphatic rings. The van der Waals surface area contributed by atoms with Crippen LogP contribution < -0.4 is 5.32 Å². The van der Waals surface area contributed by atoms with E-state index in [0.717, 1.165) is 6.20 Å². The summed E-state index contributed by atoms with van der Waals surface area (Å²) in [7, 11) is 0. The van der Waals surface area contributed by atoms with Gasteiger partial charge in [-0.25, -0.2) is 8.78 Å². The first-order valence-corrected chi connectivity index (χ1v) is 6.83. The number of nitrogens with zero attached hydrogens (tertiary/aromatic N) is 1. The highest BCUT2D eigenvalue weighted by molar-refractivity contribution is 6.30. The van der Waals surface area contributed by atoms with Crippen molar-refractivity contribution in [2.75, 3.05) is 6.54 Å². The molecule has 6 heteroatoms. The summed E-state index contributed by atoms with van der Waals surface area (Å²) in [5.41, 5.74) is 1.09. The zero-order chi connectivity index (χ0) is 15.4. The van der Waals surface area contributed by atoms with E-state index in [1.807, 2.05) is 6.92 Å². The van der Waals surface area contributed by atoms with E-state index in [2.05, 4.69) is 10.3 Å². The molecule has 1 aromatic heterocycles. The van der Waals surface area contributed by atoms with Crippen LogP contribution >= 0.6 is 11.6 Å². The molecule has 0 saturated heterocycles. The van der Waals surface area contributed by atoms with Crippen LogP contribution in [0.25, 0.3) is 0 Å². The molecular weight excluding hydrogens is 298 g/mol. The third-order valence-electron chi connectivity index (χ3n) is 3.14. The highest BCUT2D eigenvalue weighted by Crippen LogP contribution is 2.20. The van der Waals surface area contributed by atoms with Crippen molar-refractivity contribution in [3.8, 4) is 0 Å². The Morgan fingerprint density at radius 3 is 2.67 bits per heavy atom. The highest BCUT2D eigenvalue weighted by atomic mass is 35.5. The summed E-state index contributed by atoms with van der Waals surface area (Å²) >= 11 is 5.59.